The van der Waals surface area contributed by atoms with Crippen LogP contribution in [0.2, 0.25) is 0 Å². The number of aryl methyl sites for hydroxylation is 1. The molecule has 2 aromatic carbocycles. The monoisotopic (exact) mass is 290 g/mol. The summed E-state index contributed by atoms with van der Waals surface area (Å²) in [6, 6.07) is 19.3. The van der Waals surface area contributed by atoms with E-state index in [4.69, 9.17) is 11.6 Å². The quantitative estimate of drug-likeness (QED) is 0.500. The molecule has 0 radical (unpaired) electrons. The summed E-state index contributed by atoms with van der Waals surface area (Å²) in [6.07, 6.45) is 1.12. The van der Waals surface area contributed by atoms with Crippen molar-refractivity contribution in [2.45, 2.75) is 24.2 Å². The minimum absolute atomic E-state index is 0.457. The zero-order valence-electron chi connectivity index (χ0n) is 11.2. The van der Waals surface area contributed by atoms with Gasteiger partial charge in [-0.3, -0.25) is 0 Å². The van der Waals surface area contributed by atoms with Gasteiger partial charge in [0.25, 0.3) is 0 Å². The molecular weight excluding hydrogens is 272 g/mol. The van der Waals surface area contributed by atoms with E-state index in [0.29, 0.717) is 11.8 Å². The Morgan fingerprint density at radius 2 is 1.68 bits per heavy atom. The van der Waals surface area contributed by atoms with E-state index < -0.39 is 0 Å². The van der Waals surface area contributed by atoms with Gasteiger partial charge in [0.15, 0.2) is 0 Å². The zero-order valence-corrected chi connectivity index (χ0v) is 12.8. The van der Waals surface area contributed by atoms with Gasteiger partial charge in [-0.05, 0) is 42.7 Å². The molecule has 1 atom stereocenters. The van der Waals surface area contributed by atoms with Crippen LogP contribution in [0.5, 0.6) is 0 Å². The second-order valence-electron chi connectivity index (χ2n) is 4.71. The van der Waals surface area contributed by atoms with Gasteiger partial charge in [0, 0.05) is 10.8 Å². The van der Waals surface area contributed by atoms with Crippen molar-refractivity contribution in [2.24, 2.45) is 0 Å². The number of rotatable bonds is 6. The first-order chi connectivity index (χ1) is 9.29. The molecule has 0 fully saturated rings. The molecule has 19 heavy (non-hydrogen) atoms. The van der Waals surface area contributed by atoms with Crippen LogP contribution in [0.3, 0.4) is 0 Å². The van der Waals surface area contributed by atoms with E-state index >= 15 is 0 Å². The number of hydrogen-bond donors (Lipinski definition) is 0. The number of hydrogen-bond acceptors (Lipinski definition) is 1. The van der Waals surface area contributed by atoms with Gasteiger partial charge in [-0.25, -0.2) is 0 Å². The predicted molar refractivity (Wildman–Crippen MR) is 86.4 cm³/mol. The molecule has 0 aliphatic heterocycles. The normalized spacial score (nSPS) is 12.3. The van der Waals surface area contributed by atoms with Crippen molar-refractivity contribution in [3.8, 4) is 0 Å². The van der Waals surface area contributed by atoms with Gasteiger partial charge in [0.1, 0.15) is 0 Å². The lowest BCUT2D eigenvalue weighted by Crippen LogP contribution is -2.02. The summed E-state index contributed by atoms with van der Waals surface area (Å²) in [6.45, 7) is 2.12. The molecule has 0 nitrogen and oxygen atoms in total. The molecule has 100 valence electrons. The van der Waals surface area contributed by atoms with Crippen molar-refractivity contribution in [3.05, 3.63) is 65.7 Å². The lowest BCUT2D eigenvalue weighted by atomic mass is 9.98. The molecule has 0 spiro atoms. The molecule has 0 saturated carbocycles. The predicted octanol–water partition coefficient (Wildman–Crippen LogP) is 5.50. The molecule has 0 amide bonds. The molecule has 0 bridgehead atoms. The summed E-state index contributed by atoms with van der Waals surface area (Å²) in [4.78, 5) is 1.33. The highest BCUT2D eigenvalue weighted by atomic mass is 35.5. The Morgan fingerprint density at radius 1 is 1.00 bits per heavy atom. The van der Waals surface area contributed by atoms with Crippen molar-refractivity contribution in [1.82, 2.24) is 0 Å². The minimum Gasteiger partial charge on any atom is -0.126 e. The van der Waals surface area contributed by atoms with Crippen LogP contribution in [0.15, 0.2) is 59.5 Å². The van der Waals surface area contributed by atoms with Gasteiger partial charge >= 0.3 is 0 Å². The highest BCUT2D eigenvalue weighted by Gasteiger charge is 2.10. The third kappa shape index (κ3) is 4.59. The SMILES string of the molecule is Cc1ccc(C(CCl)CCSc2ccccc2)cc1. The summed E-state index contributed by atoms with van der Waals surface area (Å²) in [5.74, 6) is 2.26. The number of thioether (sulfide) groups is 1. The maximum atomic E-state index is 6.11. The molecular formula is C17H19ClS. The maximum absolute atomic E-state index is 6.11. The lowest BCUT2D eigenvalue weighted by molar-refractivity contribution is 0.747. The molecule has 0 saturated heterocycles. The van der Waals surface area contributed by atoms with Gasteiger partial charge in [-0.15, -0.1) is 23.4 Å². The molecule has 0 aliphatic carbocycles. The van der Waals surface area contributed by atoms with Crippen LogP contribution in [0.1, 0.15) is 23.5 Å². The Kier molecular flexibility index (Phi) is 5.81. The van der Waals surface area contributed by atoms with Crippen LogP contribution in [0.25, 0.3) is 0 Å². The Balaban J connectivity index is 1.87. The van der Waals surface area contributed by atoms with Gasteiger partial charge in [-0.2, -0.15) is 0 Å². The molecule has 0 heterocycles. The Hall–Kier alpha value is -0.920. The van der Waals surface area contributed by atoms with E-state index in [1.807, 2.05) is 11.8 Å². The number of alkyl halides is 1. The van der Waals surface area contributed by atoms with Gasteiger partial charge in [-0.1, -0.05) is 48.0 Å². The van der Waals surface area contributed by atoms with Gasteiger partial charge in [0.2, 0.25) is 0 Å². The van der Waals surface area contributed by atoms with E-state index in [9.17, 15) is 0 Å². The first kappa shape index (κ1) is 14.5. The average molecular weight is 291 g/mol. The summed E-state index contributed by atoms with van der Waals surface area (Å²) < 4.78 is 0. The summed E-state index contributed by atoms with van der Waals surface area (Å²) in [7, 11) is 0. The fourth-order valence-electron chi connectivity index (χ4n) is 2.01. The van der Waals surface area contributed by atoms with Crippen LogP contribution in [-0.4, -0.2) is 11.6 Å². The van der Waals surface area contributed by atoms with E-state index in [1.165, 1.54) is 16.0 Å². The molecule has 0 aromatic heterocycles. The topological polar surface area (TPSA) is 0 Å². The van der Waals surface area contributed by atoms with Crippen LogP contribution >= 0.6 is 23.4 Å². The summed E-state index contributed by atoms with van der Waals surface area (Å²) >= 11 is 8.02. The molecule has 1 unspecified atom stereocenters. The number of benzene rings is 2. The van der Waals surface area contributed by atoms with E-state index in [1.54, 1.807) is 0 Å². The Morgan fingerprint density at radius 3 is 2.32 bits per heavy atom. The van der Waals surface area contributed by atoms with E-state index in [-0.39, 0.29) is 0 Å². The van der Waals surface area contributed by atoms with Gasteiger partial charge < -0.3 is 0 Å². The van der Waals surface area contributed by atoms with Crippen LogP contribution in [-0.2, 0) is 0 Å². The minimum atomic E-state index is 0.457. The smallest absolute Gasteiger partial charge is 0.0292 e. The Labute approximate surface area is 125 Å². The second-order valence-corrected chi connectivity index (χ2v) is 6.19. The standard InChI is InChI=1S/C17H19ClS/c1-14-7-9-15(10-8-14)16(13-18)11-12-19-17-5-3-2-4-6-17/h2-10,16H,11-13H2,1H3. The van der Waals surface area contributed by atoms with E-state index in [2.05, 4.69) is 61.5 Å². The van der Waals surface area contributed by atoms with Crippen LogP contribution < -0.4 is 0 Å². The maximum Gasteiger partial charge on any atom is 0.0292 e. The highest BCUT2D eigenvalue weighted by Crippen LogP contribution is 2.26. The summed E-state index contributed by atoms with van der Waals surface area (Å²) in [5, 5.41) is 0. The molecule has 2 aromatic rings. The van der Waals surface area contributed by atoms with Crippen molar-refractivity contribution in [2.75, 3.05) is 11.6 Å². The number of halogens is 1. The van der Waals surface area contributed by atoms with Crippen molar-refractivity contribution in [1.29, 1.82) is 0 Å². The fourth-order valence-corrected chi connectivity index (χ4v) is 3.33. The molecule has 0 aliphatic rings. The fraction of sp³-hybridized carbons (Fsp3) is 0.294. The van der Waals surface area contributed by atoms with Crippen molar-refractivity contribution >= 4 is 23.4 Å². The highest BCUT2D eigenvalue weighted by molar-refractivity contribution is 7.99. The molecule has 2 heteroatoms. The van der Waals surface area contributed by atoms with Crippen LogP contribution in [0, 0.1) is 6.92 Å². The Bertz CT molecular complexity index is 478. The van der Waals surface area contributed by atoms with Crippen molar-refractivity contribution in [3.63, 3.8) is 0 Å². The second kappa shape index (κ2) is 7.62. The largest absolute Gasteiger partial charge is 0.126 e. The zero-order chi connectivity index (χ0) is 13.5. The molecule has 0 N–H and O–H groups in total. The lowest BCUT2D eigenvalue weighted by Gasteiger charge is -2.14. The first-order valence-electron chi connectivity index (χ1n) is 6.60. The van der Waals surface area contributed by atoms with Crippen LogP contribution in [0.4, 0.5) is 0 Å². The summed E-state index contributed by atoms with van der Waals surface area (Å²) in [5.41, 5.74) is 2.66. The van der Waals surface area contributed by atoms with E-state index in [0.717, 1.165) is 12.2 Å². The third-order valence-electron chi connectivity index (χ3n) is 3.21. The van der Waals surface area contributed by atoms with Gasteiger partial charge in [0.05, 0.1) is 0 Å². The third-order valence-corrected chi connectivity index (χ3v) is 4.63. The first-order valence-corrected chi connectivity index (χ1v) is 8.12. The average Bonchev–Trinajstić information content (AvgIpc) is 2.46. The molecule has 2 rings (SSSR count). The van der Waals surface area contributed by atoms with Crippen molar-refractivity contribution < 1.29 is 0 Å².